The van der Waals surface area contributed by atoms with E-state index in [2.05, 4.69) is 4.98 Å². The maximum atomic E-state index is 16.4. The van der Waals surface area contributed by atoms with E-state index in [0.29, 0.717) is 33.2 Å². The van der Waals surface area contributed by atoms with E-state index < -0.39 is 35.7 Å². The number of hydrogen-bond acceptors (Lipinski definition) is 6. The number of pyridine rings is 1. The normalized spacial score (nSPS) is 23.0. The molecular weight excluding hydrogens is 495 g/mol. The highest BCUT2D eigenvalue weighted by atomic mass is 35.5. The third kappa shape index (κ3) is 4.87. The standard InChI is InChI=1S/C29H32ClFN2O4/c1-27(2,35)22-12-20-16-33(15-19-4-9-25(36-3)32-14-19)29(26(20)24(31)13-22,21-5-7-23(30)8-6-21)37-18-28(17-34)10-11-28/h4-9,12-14,34-35H,10-11,15-18H2,1-3H3/t29-/m1/s1/i17D2,18D2. The van der Waals surface area contributed by atoms with Crippen molar-refractivity contribution in [1.82, 2.24) is 9.88 Å². The Kier molecular flexibility index (Phi) is 5.57. The van der Waals surface area contributed by atoms with Crippen LogP contribution in [0.4, 0.5) is 4.39 Å². The summed E-state index contributed by atoms with van der Waals surface area (Å²) in [6, 6.07) is 12.7. The minimum absolute atomic E-state index is 0.0347. The van der Waals surface area contributed by atoms with Gasteiger partial charge in [0.25, 0.3) is 0 Å². The summed E-state index contributed by atoms with van der Waals surface area (Å²) in [5.41, 5.74) is -3.24. The van der Waals surface area contributed by atoms with Gasteiger partial charge in [0.2, 0.25) is 5.88 Å². The van der Waals surface area contributed by atoms with Crippen molar-refractivity contribution in [3.05, 3.63) is 93.4 Å². The van der Waals surface area contributed by atoms with Gasteiger partial charge < -0.3 is 19.7 Å². The van der Waals surface area contributed by atoms with E-state index in [0.717, 1.165) is 0 Å². The monoisotopic (exact) mass is 530 g/mol. The predicted octanol–water partition coefficient (Wildman–Crippen LogP) is 5.12. The van der Waals surface area contributed by atoms with E-state index in [-0.39, 0.29) is 31.5 Å². The van der Waals surface area contributed by atoms with E-state index in [4.69, 9.17) is 26.6 Å². The van der Waals surface area contributed by atoms with Gasteiger partial charge in [0, 0.05) is 46.9 Å². The number of benzene rings is 2. The van der Waals surface area contributed by atoms with E-state index in [1.807, 2.05) is 0 Å². The van der Waals surface area contributed by atoms with Gasteiger partial charge in [-0.05, 0) is 61.6 Å². The molecule has 0 saturated heterocycles. The van der Waals surface area contributed by atoms with Gasteiger partial charge in [-0.15, -0.1) is 0 Å². The molecule has 2 heterocycles. The van der Waals surface area contributed by atoms with Gasteiger partial charge in [0.05, 0.1) is 31.3 Å². The molecule has 1 aliphatic carbocycles. The Labute approximate surface area is 227 Å². The van der Waals surface area contributed by atoms with Crippen LogP contribution in [-0.4, -0.2) is 40.3 Å². The highest BCUT2D eigenvalue weighted by Gasteiger charge is 2.53. The summed E-state index contributed by atoms with van der Waals surface area (Å²) < 4.78 is 62.0. The third-order valence-corrected chi connectivity index (χ3v) is 7.25. The lowest BCUT2D eigenvalue weighted by molar-refractivity contribution is -0.148. The zero-order valence-electron chi connectivity index (χ0n) is 24.9. The van der Waals surface area contributed by atoms with Crippen LogP contribution in [0.25, 0.3) is 0 Å². The fraction of sp³-hybridized carbons (Fsp3) is 0.414. The molecular formula is C29H32ClFN2O4. The molecule has 8 heteroatoms. The van der Waals surface area contributed by atoms with E-state index >= 15 is 4.39 Å². The summed E-state index contributed by atoms with van der Waals surface area (Å²) in [6.45, 7) is -2.32. The first kappa shape index (κ1) is 21.4. The minimum atomic E-state index is -2.90. The van der Waals surface area contributed by atoms with Gasteiger partial charge >= 0.3 is 0 Å². The summed E-state index contributed by atoms with van der Waals surface area (Å²) in [7, 11) is 1.50. The van der Waals surface area contributed by atoms with Crippen molar-refractivity contribution < 1.29 is 29.6 Å². The van der Waals surface area contributed by atoms with Gasteiger partial charge in [-0.3, -0.25) is 4.90 Å². The Hall–Kier alpha value is -2.55. The molecule has 2 N–H and O–H groups in total. The van der Waals surface area contributed by atoms with Crippen LogP contribution in [0.2, 0.25) is 5.02 Å². The molecule has 0 bridgehead atoms. The average Bonchev–Trinajstić information content (AvgIpc) is 3.66. The zero-order chi connectivity index (χ0) is 30.0. The molecule has 2 aliphatic rings. The lowest BCUT2D eigenvalue weighted by Crippen LogP contribution is -2.46. The van der Waals surface area contributed by atoms with Crippen LogP contribution in [0.15, 0.2) is 54.7 Å². The Balaban J connectivity index is 1.75. The largest absolute Gasteiger partial charge is 0.481 e. The van der Waals surface area contributed by atoms with E-state index in [1.54, 1.807) is 67.4 Å². The molecule has 1 saturated carbocycles. The molecule has 0 spiro atoms. The van der Waals surface area contributed by atoms with Crippen LogP contribution in [0, 0.1) is 11.2 Å². The van der Waals surface area contributed by atoms with Crippen molar-refractivity contribution in [2.24, 2.45) is 5.41 Å². The first-order valence-corrected chi connectivity index (χ1v) is 12.4. The summed E-state index contributed by atoms with van der Waals surface area (Å²) in [6.07, 6.45) is 1.67. The number of aromatic nitrogens is 1. The van der Waals surface area contributed by atoms with Crippen LogP contribution in [0.1, 0.15) is 60.0 Å². The van der Waals surface area contributed by atoms with Gasteiger partial charge in [0.1, 0.15) is 5.82 Å². The molecule has 3 aromatic rings. The number of hydrogen-bond donors (Lipinski definition) is 2. The van der Waals surface area contributed by atoms with Crippen molar-refractivity contribution in [3.63, 3.8) is 0 Å². The highest BCUT2D eigenvalue weighted by molar-refractivity contribution is 6.30. The summed E-state index contributed by atoms with van der Waals surface area (Å²) in [5.74, 6) is -0.325. The number of halogens is 2. The zero-order valence-corrected chi connectivity index (χ0v) is 21.6. The second-order valence-corrected chi connectivity index (χ2v) is 10.6. The van der Waals surface area contributed by atoms with Crippen molar-refractivity contribution in [1.29, 1.82) is 0 Å². The SMILES string of the molecule is [2H]C([2H])(O)C1(C([2H])([2H])O[C@]2(c3ccc(Cl)cc3)c3c(F)cc(C(C)(C)O)cc3CN2Cc2ccc(OC)nc2)CC1. The maximum Gasteiger partial charge on any atom is 0.212 e. The molecule has 196 valence electrons. The van der Waals surface area contributed by atoms with Crippen LogP contribution < -0.4 is 4.74 Å². The molecule has 0 amide bonds. The minimum Gasteiger partial charge on any atom is -0.481 e. The predicted molar refractivity (Wildman–Crippen MR) is 139 cm³/mol. The average molecular weight is 531 g/mol. The van der Waals surface area contributed by atoms with Crippen LogP contribution >= 0.6 is 11.6 Å². The number of ether oxygens (including phenoxy) is 2. The second kappa shape index (κ2) is 9.64. The Morgan fingerprint density at radius 3 is 2.49 bits per heavy atom. The summed E-state index contributed by atoms with van der Waals surface area (Å²) >= 11 is 6.20. The van der Waals surface area contributed by atoms with Crippen molar-refractivity contribution >= 4 is 11.6 Å². The fourth-order valence-electron chi connectivity index (χ4n) is 4.72. The molecule has 0 unspecified atom stereocenters. The number of methoxy groups -OCH3 is 1. The number of fused-ring (bicyclic) bond motifs is 1. The van der Waals surface area contributed by atoms with Gasteiger partial charge in [-0.1, -0.05) is 35.9 Å². The number of aliphatic hydroxyl groups is 2. The molecule has 0 radical (unpaired) electrons. The molecule has 1 aliphatic heterocycles. The lowest BCUT2D eigenvalue weighted by Gasteiger charge is -2.40. The number of rotatable bonds is 9. The number of nitrogens with zero attached hydrogens (tertiary/aromatic N) is 2. The summed E-state index contributed by atoms with van der Waals surface area (Å²) in [5, 5.41) is 21.5. The van der Waals surface area contributed by atoms with E-state index in [1.165, 1.54) is 13.2 Å². The Morgan fingerprint density at radius 1 is 1.19 bits per heavy atom. The first-order valence-electron chi connectivity index (χ1n) is 14.0. The first-order chi connectivity index (χ1) is 19.0. The fourth-order valence-corrected chi connectivity index (χ4v) is 4.85. The Morgan fingerprint density at radius 2 is 1.92 bits per heavy atom. The smallest absolute Gasteiger partial charge is 0.212 e. The topological polar surface area (TPSA) is 75.0 Å². The van der Waals surface area contributed by atoms with Crippen molar-refractivity contribution in [2.45, 2.75) is 51.1 Å². The molecule has 37 heavy (non-hydrogen) atoms. The lowest BCUT2D eigenvalue weighted by atomic mass is 9.88. The maximum absolute atomic E-state index is 16.4. The van der Waals surface area contributed by atoms with Crippen molar-refractivity contribution in [3.8, 4) is 5.88 Å². The molecule has 1 fully saturated rings. The molecule has 5 rings (SSSR count). The van der Waals surface area contributed by atoms with Crippen LogP contribution in [0.5, 0.6) is 5.88 Å². The molecule has 2 aromatic carbocycles. The highest BCUT2D eigenvalue weighted by Crippen LogP contribution is 2.52. The molecule has 6 nitrogen and oxygen atoms in total. The Bertz CT molecular complexity index is 1440. The molecule has 1 atom stereocenters. The summed E-state index contributed by atoms with van der Waals surface area (Å²) in [4.78, 5) is 6.01. The van der Waals surface area contributed by atoms with Crippen molar-refractivity contribution in [2.75, 3.05) is 20.2 Å². The van der Waals surface area contributed by atoms with Gasteiger partial charge in [-0.2, -0.15) is 0 Å². The third-order valence-electron chi connectivity index (χ3n) is 7.00. The molecule has 1 aromatic heterocycles. The second-order valence-electron chi connectivity index (χ2n) is 10.2. The van der Waals surface area contributed by atoms with Gasteiger partial charge in [0.15, 0.2) is 5.72 Å². The van der Waals surface area contributed by atoms with Crippen LogP contribution in [-0.2, 0) is 29.2 Å². The van der Waals surface area contributed by atoms with Gasteiger partial charge in [-0.25, -0.2) is 9.37 Å². The quantitative estimate of drug-likeness (QED) is 0.400. The van der Waals surface area contributed by atoms with Crippen LogP contribution in [0.3, 0.4) is 0 Å². The van der Waals surface area contributed by atoms with E-state index in [9.17, 15) is 10.2 Å².